The third-order valence-electron chi connectivity index (χ3n) is 7.81. The number of ether oxygens (including phenoxy) is 1. The molecule has 2 aliphatic heterocycles. The summed E-state index contributed by atoms with van der Waals surface area (Å²) in [5.74, 6) is 1.25. The second-order valence-corrected chi connectivity index (χ2v) is 12.0. The topological polar surface area (TPSA) is 76.7 Å². The first-order valence-corrected chi connectivity index (χ1v) is 12.4. The molecule has 3 atom stereocenters. The highest BCUT2D eigenvalue weighted by Crippen LogP contribution is 2.50. The van der Waals surface area contributed by atoms with Gasteiger partial charge in [-0.3, -0.25) is 4.90 Å². The zero-order valence-corrected chi connectivity index (χ0v) is 21.3. The van der Waals surface area contributed by atoms with Gasteiger partial charge in [-0.15, -0.1) is 0 Å². The van der Waals surface area contributed by atoms with E-state index < -0.39 is 5.60 Å². The molecule has 3 aliphatic rings. The lowest BCUT2D eigenvalue weighted by Crippen LogP contribution is -2.43. The molecule has 34 heavy (non-hydrogen) atoms. The van der Waals surface area contributed by atoms with Gasteiger partial charge < -0.3 is 19.0 Å². The second-order valence-electron chi connectivity index (χ2n) is 12.0. The number of nitrogens with one attached hydrogen (secondary N) is 1. The minimum Gasteiger partial charge on any atom is -0.444 e. The van der Waals surface area contributed by atoms with Gasteiger partial charge in [-0.2, -0.15) is 0 Å². The first kappa shape index (κ1) is 23.4. The van der Waals surface area contributed by atoms with Crippen molar-refractivity contribution in [1.29, 1.82) is 0 Å². The summed E-state index contributed by atoms with van der Waals surface area (Å²) in [4.78, 5) is 23.1. The Morgan fingerprint density at radius 3 is 2.38 bits per heavy atom. The van der Waals surface area contributed by atoms with Crippen LogP contribution in [-0.2, 0) is 14.0 Å². The van der Waals surface area contributed by atoms with Crippen molar-refractivity contribution in [1.82, 2.24) is 14.9 Å². The molecule has 1 aliphatic carbocycles. The van der Waals surface area contributed by atoms with E-state index in [-0.39, 0.29) is 36.5 Å². The monoisotopic (exact) mass is 465 g/mol. The number of likely N-dealkylation sites (tertiary alicyclic amines) is 1. The molecular weight excluding hydrogens is 429 g/mol. The fourth-order valence-electron chi connectivity index (χ4n) is 5.35. The minimum absolute atomic E-state index is 0.0635. The van der Waals surface area contributed by atoms with Gasteiger partial charge in [0.1, 0.15) is 11.4 Å². The van der Waals surface area contributed by atoms with Crippen molar-refractivity contribution >= 4 is 18.7 Å². The highest BCUT2D eigenvalue weighted by atomic mass is 16.7. The van der Waals surface area contributed by atoms with Crippen molar-refractivity contribution in [3.05, 3.63) is 36.3 Å². The lowest BCUT2D eigenvalue weighted by molar-refractivity contribution is 0.00578. The molecule has 182 valence electrons. The summed E-state index contributed by atoms with van der Waals surface area (Å²) in [5, 5.41) is 0. The van der Waals surface area contributed by atoms with Crippen LogP contribution in [0.3, 0.4) is 0 Å². The number of fused-ring (bicyclic) bond motifs is 2. The number of hydrogen-bond acceptors (Lipinski definition) is 5. The molecule has 2 aromatic rings. The van der Waals surface area contributed by atoms with E-state index in [1.54, 1.807) is 0 Å². The molecule has 7 nitrogen and oxygen atoms in total. The van der Waals surface area contributed by atoms with Crippen molar-refractivity contribution in [3.63, 3.8) is 0 Å². The molecule has 8 heteroatoms. The first-order valence-electron chi connectivity index (χ1n) is 12.4. The number of carbonyl (C=O) groups is 1. The van der Waals surface area contributed by atoms with E-state index in [0.717, 1.165) is 41.8 Å². The standard InChI is InChI=1S/C26H36BN3O4/c1-24(2,3)32-23(31)30-19-13-10-17(14-19)21(30)22-28-15-20(29-22)16-8-11-18(12-9-16)27-33-25(4,5)26(6,7)34-27/h8-9,11-12,15,17,19,21H,10,13-14H2,1-7H3,(H,28,29)/t17-,19+,21?/m0/s1. The Hall–Kier alpha value is -2.32. The van der Waals surface area contributed by atoms with Crippen LogP contribution in [-0.4, -0.2) is 50.9 Å². The van der Waals surface area contributed by atoms with Gasteiger partial charge >= 0.3 is 13.2 Å². The first-order chi connectivity index (χ1) is 15.8. The summed E-state index contributed by atoms with van der Waals surface area (Å²) in [6.45, 7) is 14.0. The third-order valence-corrected chi connectivity index (χ3v) is 7.81. The van der Waals surface area contributed by atoms with E-state index in [4.69, 9.17) is 19.0 Å². The van der Waals surface area contributed by atoms with Crippen LogP contribution in [0, 0.1) is 5.92 Å². The number of aromatic amines is 1. The summed E-state index contributed by atoms with van der Waals surface area (Å²) >= 11 is 0. The van der Waals surface area contributed by atoms with E-state index in [0.29, 0.717) is 5.92 Å². The number of benzene rings is 1. The van der Waals surface area contributed by atoms with Gasteiger partial charge in [-0.1, -0.05) is 24.3 Å². The number of hydrogen-bond donors (Lipinski definition) is 1. The van der Waals surface area contributed by atoms with Gasteiger partial charge in [-0.05, 0) is 84.7 Å². The molecule has 0 radical (unpaired) electrons. The average molecular weight is 465 g/mol. The van der Waals surface area contributed by atoms with E-state index in [2.05, 4.69) is 44.8 Å². The van der Waals surface area contributed by atoms with Crippen molar-refractivity contribution < 1.29 is 18.8 Å². The molecule has 1 N–H and O–H groups in total. The Morgan fingerprint density at radius 2 is 1.76 bits per heavy atom. The second kappa shape index (κ2) is 7.85. The summed E-state index contributed by atoms with van der Waals surface area (Å²) in [6.07, 6.45) is 4.79. The largest absolute Gasteiger partial charge is 0.494 e. The molecule has 1 aromatic heterocycles. The molecule has 3 heterocycles. The Labute approximate surface area is 202 Å². The number of aromatic nitrogens is 2. The third kappa shape index (κ3) is 4.05. The number of imidazole rings is 1. The molecule has 5 rings (SSSR count). The van der Waals surface area contributed by atoms with Crippen LogP contribution < -0.4 is 5.46 Å². The zero-order chi connectivity index (χ0) is 24.5. The normalized spacial score (nSPS) is 27.4. The number of piperidine rings is 1. The molecule has 2 saturated heterocycles. The van der Waals surface area contributed by atoms with Crippen LogP contribution in [0.4, 0.5) is 4.79 Å². The molecule has 1 saturated carbocycles. The van der Waals surface area contributed by atoms with Crippen LogP contribution in [0.5, 0.6) is 0 Å². The molecule has 1 amide bonds. The van der Waals surface area contributed by atoms with E-state index >= 15 is 0 Å². The number of amides is 1. The van der Waals surface area contributed by atoms with Gasteiger partial charge in [0.15, 0.2) is 0 Å². The fourth-order valence-corrected chi connectivity index (χ4v) is 5.35. The Morgan fingerprint density at radius 1 is 1.12 bits per heavy atom. The molecule has 1 unspecified atom stereocenters. The maximum absolute atomic E-state index is 13.0. The number of carbonyl (C=O) groups excluding carboxylic acids is 1. The van der Waals surface area contributed by atoms with Crippen LogP contribution in [0.1, 0.15) is 79.6 Å². The summed E-state index contributed by atoms with van der Waals surface area (Å²) < 4.78 is 18.1. The van der Waals surface area contributed by atoms with Crippen molar-refractivity contribution in [2.45, 2.75) is 96.6 Å². The highest BCUT2D eigenvalue weighted by Gasteiger charge is 2.52. The maximum Gasteiger partial charge on any atom is 0.494 e. The van der Waals surface area contributed by atoms with Gasteiger partial charge in [-0.25, -0.2) is 9.78 Å². The van der Waals surface area contributed by atoms with Crippen molar-refractivity contribution in [2.75, 3.05) is 0 Å². The highest BCUT2D eigenvalue weighted by molar-refractivity contribution is 6.62. The van der Waals surface area contributed by atoms with Crippen molar-refractivity contribution in [2.24, 2.45) is 5.92 Å². The summed E-state index contributed by atoms with van der Waals surface area (Å²) in [6, 6.07) is 8.38. The Bertz CT molecular complexity index is 1060. The molecule has 3 fully saturated rings. The smallest absolute Gasteiger partial charge is 0.444 e. The maximum atomic E-state index is 13.0. The van der Waals surface area contributed by atoms with E-state index in [1.807, 2.05) is 44.0 Å². The zero-order valence-electron chi connectivity index (χ0n) is 21.3. The molecular formula is C26H36BN3O4. The summed E-state index contributed by atoms with van der Waals surface area (Å²) in [7, 11) is -0.382. The SMILES string of the molecule is CC(C)(C)OC(=O)N1C(c2ncc(-c3ccc(B4OC(C)(C)C(C)(C)O4)cc3)[nH]2)[C@H]2CC[C@@H]1C2. The molecule has 1 aromatic carbocycles. The molecule has 0 spiro atoms. The minimum atomic E-state index is -0.517. The Kier molecular flexibility index (Phi) is 5.41. The lowest BCUT2D eigenvalue weighted by atomic mass is 9.79. The van der Waals surface area contributed by atoms with Crippen LogP contribution in [0.25, 0.3) is 11.3 Å². The van der Waals surface area contributed by atoms with Crippen LogP contribution in [0.15, 0.2) is 30.5 Å². The van der Waals surface area contributed by atoms with E-state index in [9.17, 15) is 4.79 Å². The fraction of sp³-hybridized carbons (Fsp3) is 0.615. The predicted molar refractivity (Wildman–Crippen MR) is 132 cm³/mol. The summed E-state index contributed by atoms with van der Waals surface area (Å²) in [5.41, 5.74) is 1.71. The number of rotatable bonds is 3. The number of nitrogens with zero attached hydrogens (tertiary/aromatic N) is 2. The van der Waals surface area contributed by atoms with Gasteiger partial charge in [0.25, 0.3) is 0 Å². The lowest BCUT2D eigenvalue weighted by Gasteiger charge is -2.35. The van der Waals surface area contributed by atoms with Crippen LogP contribution >= 0.6 is 0 Å². The van der Waals surface area contributed by atoms with Gasteiger partial charge in [0.05, 0.1) is 29.1 Å². The average Bonchev–Trinajstić information content (AvgIpc) is 3.49. The van der Waals surface area contributed by atoms with Crippen LogP contribution in [0.2, 0.25) is 0 Å². The number of H-pyrrole nitrogens is 1. The van der Waals surface area contributed by atoms with Gasteiger partial charge in [0.2, 0.25) is 0 Å². The molecule has 2 bridgehead atoms. The predicted octanol–water partition coefficient (Wildman–Crippen LogP) is 4.84. The van der Waals surface area contributed by atoms with Crippen molar-refractivity contribution in [3.8, 4) is 11.3 Å². The van der Waals surface area contributed by atoms with Gasteiger partial charge in [0, 0.05) is 6.04 Å². The van der Waals surface area contributed by atoms with E-state index in [1.165, 1.54) is 0 Å². The Balaban J connectivity index is 1.34. The quantitative estimate of drug-likeness (QED) is 0.657.